The number of hydrogen-bond donors (Lipinski definition) is 2. The van der Waals surface area contributed by atoms with Crippen LogP contribution in [-0.4, -0.2) is 57.8 Å². The van der Waals surface area contributed by atoms with Crippen LogP contribution in [0.5, 0.6) is 11.5 Å². The van der Waals surface area contributed by atoms with Crippen LogP contribution >= 0.6 is 11.6 Å². The van der Waals surface area contributed by atoms with E-state index >= 15 is 0 Å². The van der Waals surface area contributed by atoms with Gasteiger partial charge in [-0.05, 0) is 48.9 Å². The number of halogens is 2. The number of H-pyrrole nitrogens is 1. The van der Waals surface area contributed by atoms with Gasteiger partial charge in [0.15, 0.2) is 11.9 Å². The Labute approximate surface area is 217 Å². The second-order valence-electron chi connectivity index (χ2n) is 9.22. The number of aliphatic hydroxyl groups excluding tert-OH is 1. The van der Waals surface area contributed by atoms with Crippen molar-refractivity contribution in [2.45, 2.75) is 13.0 Å². The van der Waals surface area contributed by atoms with E-state index in [1.165, 1.54) is 12.3 Å². The number of aromatic amines is 1. The summed E-state index contributed by atoms with van der Waals surface area (Å²) in [6, 6.07) is 16.0. The summed E-state index contributed by atoms with van der Waals surface area (Å²) in [5, 5.41) is 11.7. The summed E-state index contributed by atoms with van der Waals surface area (Å²) in [7, 11) is 0. The molecule has 1 unspecified atom stereocenters. The molecule has 188 valence electrons. The molecule has 2 aliphatic heterocycles. The van der Waals surface area contributed by atoms with E-state index in [9.17, 15) is 14.3 Å². The Balaban J connectivity index is 1.25. The molecule has 3 heterocycles. The zero-order valence-corrected chi connectivity index (χ0v) is 20.8. The lowest BCUT2D eigenvalue weighted by Crippen LogP contribution is -2.51. The number of aliphatic imine (C=N–C) groups is 1. The Morgan fingerprint density at radius 2 is 1.89 bits per heavy atom. The average molecular weight is 519 g/mol. The number of nitrogens with one attached hydrogen (secondary N) is 1. The number of carbonyl (C=O) groups excluding carboxylic acids is 1. The Morgan fingerprint density at radius 3 is 2.70 bits per heavy atom. The van der Waals surface area contributed by atoms with Gasteiger partial charge in [0.25, 0.3) is 5.91 Å². The van der Waals surface area contributed by atoms with Crippen molar-refractivity contribution in [1.29, 1.82) is 0 Å². The average Bonchev–Trinajstić information content (AvgIpc) is 3.30. The second kappa shape index (κ2) is 9.21. The van der Waals surface area contributed by atoms with Gasteiger partial charge in [-0.25, -0.2) is 9.38 Å². The Kier molecular flexibility index (Phi) is 5.85. The topological polar surface area (TPSA) is 81.2 Å². The summed E-state index contributed by atoms with van der Waals surface area (Å²) in [6.07, 6.45) is 0.0458. The number of para-hydroxylation sites is 2. The SMILES string of the molecule is Cc1ccc(F)c2c(C(O)C(=O)N3CCN(C4=Nc5ccccc5Oc5ccc(Cl)cc54)CC3)c[nH]c12. The first-order valence-electron chi connectivity index (χ1n) is 12.0. The number of piperazine rings is 1. The minimum atomic E-state index is -1.47. The molecule has 0 spiro atoms. The number of amides is 1. The standard InChI is InChI=1S/C28H24ClFN4O3/c1-16-6-8-20(30)24-19(15-31-25(16)24)26(35)28(36)34-12-10-33(11-13-34)27-18-14-17(29)7-9-22(18)37-23-5-3-2-4-21(23)32-27/h2-9,14-15,26,31,35H,10-13H2,1H3. The predicted molar refractivity (Wildman–Crippen MR) is 140 cm³/mol. The van der Waals surface area contributed by atoms with Crippen LogP contribution in [-0.2, 0) is 4.79 Å². The molecule has 7 nitrogen and oxygen atoms in total. The van der Waals surface area contributed by atoms with E-state index in [0.717, 1.165) is 11.1 Å². The highest BCUT2D eigenvalue weighted by atomic mass is 35.5. The molecule has 2 aliphatic rings. The summed E-state index contributed by atoms with van der Waals surface area (Å²) >= 11 is 6.32. The van der Waals surface area contributed by atoms with Crippen molar-refractivity contribution in [1.82, 2.24) is 14.8 Å². The van der Waals surface area contributed by atoms with Crippen LogP contribution in [0.3, 0.4) is 0 Å². The Bertz CT molecular complexity index is 1560. The van der Waals surface area contributed by atoms with E-state index in [2.05, 4.69) is 9.88 Å². The largest absolute Gasteiger partial charge is 0.454 e. The van der Waals surface area contributed by atoms with Gasteiger partial charge in [0.05, 0.1) is 11.1 Å². The number of aryl methyl sites for hydroxylation is 1. The third-order valence-corrected chi connectivity index (χ3v) is 7.17. The number of carbonyl (C=O) groups is 1. The molecule has 2 N–H and O–H groups in total. The normalized spacial score (nSPS) is 15.9. The van der Waals surface area contributed by atoms with Gasteiger partial charge in [-0.1, -0.05) is 29.8 Å². The van der Waals surface area contributed by atoms with Gasteiger partial charge in [0, 0.05) is 48.3 Å². The zero-order valence-electron chi connectivity index (χ0n) is 20.0. The van der Waals surface area contributed by atoms with Crippen molar-refractivity contribution >= 4 is 39.9 Å². The van der Waals surface area contributed by atoms with Crippen LogP contribution in [0.25, 0.3) is 10.9 Å². The molecular weight excluding hydrogens is 495 g/mol. The number of fused-ring (bicyclic) bond motifs is 3. The van der Waals surface area contributed by atoms with Crippen molar-refractivity contribution in [3.05, 3.63) is 88.3 Å². The molecule has 0 radical (unpaired) electrons. The molecule has 1 atom stereocenters. The fourth-order valence-corrected chi connectivity index (χ4v) is 5.14. The maximum absolute atomic E-state index is 14.6. The van der Waals surface area contributed by atoms with E-state index < -0.39 is 17.8 Å². The number of ether oxygens (including phenoxy) is 1. The van der Waals surface area contributed by atoms with Crippen LogP contribution in [0.2, 0.25) is 5.02 Å². The lowest BCUT2D eigenvalue weighted by Gasteiger charge is -2.37. The first-order valence-corrected chi connectivity index (χ1v) is 12.4. The molecule has 6 rings (SSSR count). The molecule has 1 fully saturated rings. The van der Waals surface area contributed by atoms with Gasteiger partial charge in [-0.2, -0.15) is 0 Å². The van der Waals surface area contributed by atoms with Crippen molar-refractivity contribution in [3.63, 3.8) is 0 Å². The number of amidine groups is 1. The van der Waals surface area contributed by atoms with Crippen molar-refractivity contribution in [3.8, 4) is 11.5 Å². The van der Waals surface area contributed by atoms with Crippen molar-refractivity contribution in [2.24, 2.45) is 4.99 Å². The quantitative estimate of drug-likeness (QED) is 0.376. The van der Waals surface area contributed by atoms with Gasteiger partial charge in [-0.3, -0.25) is 4.79 Å². The van der Waals surface area contributed by atoms with Crippen LogP contribution in [0, 0.1) is 12.7 Å². The molecule has 0 bridgehead atoms. The highest BCUT2D eigenvalue weighted by Gasteiger charge is 2.32. The minimum Gasteiger partial charge on any atom is -0.454 e. The summed E-state index contributed by atoms with van der Waals surface area (Å²) in [5.41, 5.74) is 3.14. The molecule has 1 amide bonds. The predicted octanol–water partition coefficient (Wildman–Crippen LogP) is 5.33. The Morgan fingerprint density at radius 1 is 1.11 bits per heavy atom. The number of rotatable bonds is 2. The van der Waals surface area contributed by atoms with Crippen molar-refractivity contribution in [2.75, 3.05) is 26.2 Å². The molecule has 0 saturated carbocycles. The van der Waals surface area contributed by atoms with Crippen LogP contribution in [0.15, 0.2) is 65.8 Å². The third-order valence-electron chi connectivity index (χ3n) is 6.94. The van der Waals surface area contributed by atoms with Crippen LogP contribution in [0.1, 0.15) is 22.8 Å². The van der Waals surface area contributed by atoms with Crippen LogP contribution in [0.4, 0.5) is 10.1 Å². The first kappa shape index (κ1) is 23.5. The molecule has 4 aromatic rings. The van der Waals surface area contributed by atoms with E-state index in [-0.39, 0.29) is 10.9 Å². The highest BCUT2D eigenvalue weighted by molar-refractivity contribution is 6.31. The van der Waals surface area contributed by atoms with Crippen LogP contribution < -0.4 is 4.74 Å². The summed E-state index contributed by atoms with van der Waals surface area (Å²) in [6.45, 7) is 3.58. The number of aliphatic hydroxyl groups is 1. The van der Waals surface area contributed by atoms with Gasteiger partial charge in [0.2, 0.25) is 0 Å². The lowest BCUT2D eigenvalue weighted by atomic mass is 10.0. The Hall–Kier alpha value is -3.88. The van der Waals surface area contributed by atoms with Gasteiger partial charge < -0.3 is 24.6 Å². The molecule has 0 aliphatic carbocycles. The lowest BCUT2D eigenvalue weighted by molar-refractivity contribution is -0.141. The highest BCUT2D eigenvalue weighted by Crippen LogP contribution is 2.39. The first-order chi connectivity index (χ1) is 17.9. The molecule has 37 heavy (non-hydrogen) atoms. The monoisotopic (exact) mass is 518 g/mol. The van der Waals surface area contributed by atoms with E-state index in [4.69, 9.17) is 21.3 Å². The molecule has 3 aromatic carbocycles. The zero-order chi connectivity index (χ0) is 25.7. The maximum atomic E-state index is 14.6. The fourth-order valence-electron chi connectivity index (χ4n) is 4.97. The molecule has 1 aromatic heterocycles. The van der Waals surface area contributed by atoms with E-state index in [0.29, 0.717) is 59.7 Å². The van der Waals surface area contributed by atoms with E-state index in [1.54, 1.807) is 17.0 Å². The van der Waals surface area contributed by atoms with Crippen molar-refractivity contribution < 1.29 is 19.0 Å². The summed E-state index contributed by atoms with van der Waals surface area (Å²) in [4.78, 5) is 24.8. The second-order valence-corrected chi connectivity index (χ2v) is 9.66. The molecule has 1 saturated heterocycles. The van der Waals surface area contributed by atoms with Gasteiger partial charge in [0.1, 0.15) is 23.1 Å². The van der Waals surface area contributed by atoms with Gasteiger partial charge in [-0.15, -0.1) is 0 Å². The molecular formula is C28H24ClFN4O3. The number of hydrogen-bond acceptors (Lipinski definition) is 5. The maximum Gasteiger partial charge on any atom is 0.256 e. The van der Waals surface area contributed by atoms with E-state index in [1.807, 2.05) is 43.3 Å². The summed E-state index contributed by atoms with van der Waals surface area (Å²) in [5.74, 6) is 1.09. The molecule has 9 heteroatoms. The number of aromatic nitrogens is 1. The number of nitrogens with zero attached hydrogens (tertiary/aromatic N) is 3. The fraction of sp³-hybridized carbons (Fsp3) is 0.214. The minimum absolute atomic E-state index is 0.245. The smallest absolute Gasteiger partial charge is 0.256 e. The summed E-state index contributed by atoms with van der Waals surface area (Å²) < 4.78 is 20.7. The number of benzene rings is 3. The third kappa shape index (κ3) is 4.12. The van der Waals surface area contributed by atoms with Gasteiger partial charge >= 0.3 is 0 Å².